The Labute approximate surface area is 138 Å². The maximum atomic E-state index is 12.8. The van der Waals surface area contributed by atoms with Crippen LogP contribution in [0, 0.1) is 0 Å². The van der Waals surface area contributed by atoms with E-state index in [0.29, 0.717) is 28.7 Å². The maximum absolute atomic E-state index is 12.8. The van der Waals surface area contributed by atoms with Crippen molar-refractivity contribution in [3.63, 3.8) is 0 Å². The van der Waals surface area contributed by atoms with Gasteiger partial charge in [-0.25, -0.2) is 9.78 Å². The summed E-state index contributed by atoms with van der Waals surface area (Å²) in [6, 6.07) is 6.99. The van der Waals surface area contributed by atoms with E-state index in [2.05, 4.69) is 9.97 Å². The molecule has 3 heterocycles. The molecule has 3 rings (SSSR count). The molecule has 0 atom stereocenters. The first-order chi connectivity index (χ1) is 11.6. The second-order valence-electron chi connectivity index (χ2n) is 5.48. The highest BCUT2D eigenvalue weighted by atomic mass is 16.4. The molecule has 0 aromatic carbocycles. The van der Waals surface area contributed by atoms with Crippen LogP contribution in [0.4, 0.5) is 0 Å². The summed E-state index contributed by atoms with van der Waals surface area (Å²) in [5.41, 5.74) is 0.699. The lowest BCUT2D eigenvalue weighted by atomic mass is 9.98. The summed E-state index contributed by atoms with van der Waals surface area (Å²) in [6.07, 6.45) is 6.44. The third-order valence-electron chi connectivity index (χ3n) is 3.92. The molecule has 0 saturated carbocycles. The van der Waals surface area contributed by atoms with Crippen LogP contribution in [0.15, 0.2) is 47.7 Å². The standard InChI is InChI=1S/C18H17N3O3/c1-2-3-10-21-16-13(7-5-9-20-16)14(12-6-4-8-19-11-12)15(17(21)22)18(23)24/h4-9,11H,2-3,10H2,1H3,(H,23,24). The number of carboxylic acid groups (broad SMARTS) is 1. The van der Waals surface area contributed by atoms with E-state index < -0.39 is 11.5 Å². The molecule has 6 nitrogen and oxygen atoms in total. The molecule has 122 valence electrons. The van der Waals surface area contributed by atoms with Crippen LogP contribution in [0.1, 0.15) is 30.1 Å². The van der Waals surface area contributed by atoms with Gasteiger partial charge in [-0.05, 0) is 24.6 Å². The first-order valence-electron chi connectivity index (χ1n) is 7.80. The Kier molecular flexibility index (Phi) is 4.37. The maximum Gasteiger partial charge on any atom is 0.342 e. The van der Waals surface area contributed by atoms with Crippen molar-refractivity contribution >= 4 is 17.0 Å². The second kappa shape index (κ2) is 6.62. The molecule has 0 aliphatic rings. The highest BCUT2D eigenvalue weighted by molar-refractivity contribution is 6.05. The number of aryl methyl sites for hydroxylation is 1. The summed E-state index contributed by atoms with van der Waals surface area (Å²) in [6.45, 7) is 2.46. The summed E-state index contributed by atoms with van der Waals surface area (Å²) in [4.78, 5) is 33.1. The van der Waals surface area contributed by atoms with Crippen molar-refractivity contribution in [2.45, 2.75) is 26.3 Å². The van der Waals surface area contributed by atoms with Gasteiger partial charge in [-0.1, -0.05) is 19.4 Å². The Morgan fingerprint density at radius 3 is 2.71 bits per heavy atom. The van der Waals surface area contributed by atoms with E-state index in [-0.39, 0.29) is 5.56 Å². The second-order valence-corrected chi connectivity index (χ2v) is 5.48. The molecule has 1 N–H and O–H groups in total. The lowest BCUT2D eigenvalue weighted by Crippen LogP contribution is -2.28. The third-order valence-corrected chi connectivity index (χ3v) is 3.92. The van der Waals surface area contributed by atoms with Gasteiger partial charge in [0.25, 0.3) is 5.56 Å². The third kappa shape index (κ3) is 2.67. The first-order valence-corrected chi connectivity index (χ1v) is 7.80. The molecular formula is C18H17N3O3. The molecule has 24 heavy (non-hydrogen) atoms. The summed E-state index contributed by atoms with van der Waals surface area (Å²) in [7, 11) is 0. The number of pyridine rings is 3. The Morgan fingerprint density at radius 1 is 1.25 bits per heavy atom. The van der Waals surface area contributed by atoms with E-state index in [1.165, 1.54) is 4.57 Å². The molecule has 0 fully saturated rings. The van der Waals surface area contributed by atoms with E-state index >= 15 is 0 Å². The Hall–Kier alpha value is -3.02. The SMILES string of the molecule is CCCCn1c(=O)c(C(=O)O)c(-c2cccnc2)c2cccnc21. The normalized spacial score (nSPS) is 10.9. The average molecular weight is 323 g/mol. The van der Waals surface area contributed by atoms with Crippen LogP contribution >= 0.6 is 0 Å². The molecule has 6 heteroatoms. The van der Waals surface area contributed by atoms with Gasteiger partial charge in [0.15, 0.2) is 0 Å². The summed E-state index contributed by atoms with van der Waals surface area (Å²) in [5.74, 6) is -1.24. The largest absolute Gasteiger partial charge is 0.477 e. The smallest absolute Gasteiger partial charge is 0.342 e. The van der Waals surface area contributed by atoms with Crippen molar-refractivity contribution in [2.24, 2.45) is 0 Å². The van der Waals surface area contributed by atoms with Crippen molar-refractivity contribution < 1.29 is 9.90 Å². The molecule has 3 aromatic rings. The van der Waals surface area contributed by atoms with Gasteiger partial charge in [0.05, 0.1) is 0 Å². The predicted octanol–water partition coefficient (Wildman–Crippen LogP) is 2.96. The number of hydrogen-bond acceptors (Lipinski definition) is 4. The minimum atomic E-state index is -1.24. The summed E-state index contributed by atoms with van der Waals surface area (Å²) < 4.78 is 1.46. The molecule has 0 radical (unpaired) electrons. The fourth-order valence-electron chi connectivity index (χ4n) is 2.81. The van der Waals surface area contributed by atoms with Gasteiger partial charge in [0.1, 0.15) is 11.2 Å². The number of rotatable bonds is 5. The van der Waals surface area contributed by atoms with Crippen LogP contribution in [-0.4, -0.2) is 25.6 Å². The van der Waals surface area contributed by atoms with Crippen LogP contribution < -0.4 is 5.56 Å². The Bertz CT molecular complexity index is 949. The number of unbranched alkanes of at least 4 members (excludes halogenated alkanes) is 1. The Balaban J connectivity index is 2.45. The van der Waals surface area contributed by atoms with E-state index in [0.717, 1.165) is 12.8 Å². The highest BCUT2D eigenvalue weighted by Gasteiger charge is 2.23. The number of aromatic nitrogens is 3. The summed E-state index contributed by atoms with van der Waals surface area (Å²) >= 11 is 0. The number of carbonyl (C=O) groups is 1. The molecule has 3 aromatic heterocycles. The summed E-state index contributed by atoms with van der Waals surface area (Å²) in [5, 5.41) is 10.3. The van der Waals surface area contributed by atoms with Crippen LogP contribution in [0.25, 0.3) is 22.2 Å². The molecule has 0 spiro atoms. The highest BCUT2D eigenvalue weighted by Crippen LogP contribution is 2.29. The molecular weight excluding hydrogens is 306 g/mol. The fraction of sp³-hybridized carbons (Fsp3) is 0.222. The Morgan fingerprint density at radius 2 is 2.04 bits per heavy atom. The van der Waals surface area contributed by atoms with Crippen LogP contribution in [0.2, 0.25) is 0 Å². The van der Waals surface area contributed by atoms with Crippen molar-refractivity contribution in [2.75, 3.05) is 0 Å². The number of aromatic carboxylic acids is 1. The quantitative estimate of drug-likeness (QED) is 0.780. The zero-order chi connectivity index (χ0) is 17.1. The van der Waals surface area contributed by atoms with Crippen molar-refractivity contribution in [1.82, 2.24) is 14.5 Å². The lowest BCUT2D eigenvalue weighted by Gasteiger charge is -2.15. The molecule has 0 bridgehead atoms. The first kappa shape index (κ1) is 15.9. The topological polar surface area (TPSA) is 85.1 Å². The molecule has 0 aliphatic heterocycles. The van der Waals surface area contributed by atoms with E-state index in [1.54, 1.807) is 42.9 Å². The van der Waals surface area contributed by atoms with Gasteiger partial charge >= 0.3 is 5.97 Å². The minimum absolute atomic E-state index is 0.236. The molecule has 0 aliphatic carbocycles. The predicted molar refractivity (Wildman–Crippen MR) is 91.1 cm³/mol. The van der Waals surface area contributed by atoms with E-state index in [4.69, 9.17) is 0 Å². The van der Waals surface area contributed by atoms with Crippen LogP contribution in [0.3, 0.4) is 0 Å². The molecule has 0 saturated heterocycles. The zero-order valence-electron chi connectivity index (χ0n) is 13.3. The van der Waals surface area contributed by atoms with Crippen LogP contribution in [0.5, 0.6) is 0 Å². The fourth-order valence-corrected chi connectivity index (χ4v) is 2.81. The number of fused-ring (bicyclic) bond motifs is 1. The lowest BCUT2D eigenvalue weighted by molar-refractivity contribution is 0.0695. The van der Waals surface area contributed by atoms with Gasteiger partial charge in [0, 0.05) is 41.6 Å². The van der Waals surface area contributed by atoms with Crippen LogP contribution in [-0.2, 0) is 6.54 Å². The molecule has 0 unspecified atom stereocenters. The van der Waals surface area contributed by atoms with Gasteiger partial charge < -0.3 is 5.11 Å². The van der Waals surface area contributed by atoms with Crippen molar-refractivity contribution in [1.29, 1.82) is 0 Å². The van der Waals surface area contributed by atoms with E-state index in [1.807, 2.05) is 6.92 Å². The molecule has 0 amide bonds. The van der Waals surface area contributed by atoms with Gasteiger partial charge in [-0.15, -0.1) is 0 Å². The van der Waals surface area contributed by atoms with Crippen molar-refractivity contribution in [3.8, 4) is 11.1 Å². The number of hydrogen-bond donors (Lipinski definition) is 1. The van der Waals surface area contributed by atoms with Gasteiger partial charge in [-0.2, -0.15) is 0 Å². The number of carboxylic acids is 1. The van der Waals surface area contributed by atoms with E-state index in [9.17, 15) is 14.7 Å². The average Bonchev–Trinajstić information content (AvgIpc) is 2.60. The van der Waals surface area contributed by atoms with Gasteiger partial charge in [-0.3, -0.25) is 14.3 Å². The minimum Gasteiger partial charge on any atom is -0.477 e. The van der Waals surface area contributed by atoms with Gasteiger partial charge in [0.2, 0.25) is 0 Å². The number of nitrogens with zero attached hydrogens (tertiary/aromatic N) is 3. The monoisotopic (exact) mass is 323 g/mol. The van der Waals surface area contributed by atoms with Crippen molar-refractivity contribution in [3.05, 3.63) is 58.8 Å². The zero-order valence-corrected chi connectivity index (χ0v) is 13.3.